The molecule has 0 aromatic carbocycles. The number of hydrogen-bond donors (Lipinski definition) is 2. The molecule has 4 atom stereocenters. The SMILES string of the molecule is O=C(NC1C2CCC(C2)C1C(=O)O)c1ccc(=O)oc1. The van der Waals surface area contributed by atoms with Gasteiger partial charge in [-0.25, -0.2) is 4.79 Å². The number of amides is 1. The summed E-state index contributed by atoms with van der Waals surface area (Å²) >= 11 is 0. The van der Waals surface area contributed by atoms with Crippen LogP contribution in [0.25, 0.3) is 0 Å². The first-order chi connectivity index (χ1) is 9.56. The molecule has 2 aliphatic rings. The molecule has 0 spiro atoms. The maximum Gasteiger partial charge on any atom is 0.335 e. The van der Waals surface area contributed by atoms with Crippen LogP contribution >= 0.6 is 0 Å². The Hall–Kier alpha value is -2.11. The van der Waals surface area contributed by atoms with Crippen molar-refractivity contribution < 1.29 is 19.1 Å². The maximum atomic E-state index is 12.1. The molecular weight excluding hydrogens is 262 g/mol. The van der Waals surface area contributed by atoms with Gasteiger partial charge in [-0.05, 0) is 37.2 Å². The van der Waals surface area contributed by atoms with Gasteiger partial charge in [0.1, 0.15) is 6.26 Å². The predicted molar refractivity (Wildman–Crippen MR) is 68.2 cm³/mol. The van der Waals surface area contributed by atoms with Crippen molar-refractivity contribution in [1.29, 1.82) is 0 Å². The van der Waals surface area contributed by atoms with E-state index in [1.165, 1.54) is 12.1 Å². The molecule has 1 aromatic heterocycles. The number of rotatable bonds is 3. The van der Waals surface area contributed by atoms with Crippen LogP contribution in [-0.4, -0.2) is 23.0 Å². The smallest absolute Gasteiger partial charge is 0.335 e. The highest BCUT2D eigenvalue weighted by molar-refractivity contribution is 5.94. The Morgan fingerprint density at radius 3 is 2.65 bits per heavy atom. The van der Waals surface area contributed by atoms with Crippen LogP contribution in [-0.2, 0) is 4.79 Å². The van der Waals surface area contributed by atoms with Crippen LogP contribution in [0.4, 0.5) is 0 Å². The maximum absolute atomic E-state index is 12.1. The highest BCUT2D eigenvalue weighted by atomic mass is 16.4. The summed E-state index contributed by atoms with van der Waals surface area (Å²) in [6.07, 6.45) is 3.85. The summed E-state index contributed by atoms with van der Waals surface area (Å²) in [7, 11) is 0. The van der Waals surface area contributed by atoms with Gasteiger partial charge in [0.15, 0.2) is 0 Å². The third-order valence-corrected chi connectivity index (χ3v) is 4.46. The van der Waals surface area contributed by atoms with Gasteiger partial charge in [-0.2, -0.15) is 0 Å². The van der Waals surface area contributed by atoms with Gasteiger partial charge in [-0.15, -0.1) is 0 Å². The van der Waals surface area contributed by atoms with Gasteiger partial charge in [0.2, 0.25) is 0 Å². The number of nitrogens with one attached hydrogen (secondary N) is 1. The molecule has 1 amide bonds. The second-order valence-corrected chi connectivity index (χ2v) is 5.54. The second-order valence-electron chi connectivity index (χ2n) is 5.54. The summed E-state index contributed by atoms with van der Waals surface area (Å²) in [5, 5.41) is 12.1. The van der Waals surface area contributed by atoms with Crippen molar-refractivity contribution in [2.45, 2.75) is 25.3 Å². The van der Waals surface area contributed by atoms with E-state index in [9.17, 15) is 19.5 Å². The van der Waals surface area contributed by atoms with E-state index >= 15 is 0 Å². The van der Waals surface area contributed by atoms with Crippen LogP contribution < -0.4 is 10.9 Å². The van der Waals surface area contributed by atoms with E-state index < -0.39 is 23.4 Å². The fourth-order valence-corrected chi connectivity index (χ4v) is 3.58. The summed E-state index contributed by atoms with van der Waals surface area (Å²) in [4.78, 5) is 34.3. The van der Waals surface area contributed by atoms with E-state index in [1.807, 2.05) is 0 Å². The topological polar surface area (TPSA) is 96.6 Å². The molecule has 2 saturated carbocycles. The number of carbonyl (C=O) groups excluding carboxylic acids is 1. The van der Waals surface area contributed by atoms with E-state index in [0.29, 0.717) is 0 Å². The molecule has 0 saturated heterocycles. The molecule has 106 valence electrons. The Bertz CT molecular complexity index is 587. The Morgan fingerprint density at radius 1 is 1.25 bits per heavy atom. The van der Waals surface area contributed by atoms with Gasteiger partial charge in [-0.1, -0.05) is 0 Å². The van der Waals surface area contributed by atoms with Crippen LogP contribution in [0.2, 0.25) is 0 Å². The van der Waals surface area contributed by atoms with Crippen molar-refractivity contribution in [2.24, 2.45) is 17.8 Å². The molecular formula is C14H15NO5. The van der Waals surface area contributed by atoms with Crippen LogP contribution in [0.3, 0.4) is 0 Å². The number of aliphatic carboxylic acids is 1. The number of fused-ring (bicyclic) bond motifs is 2. The molecule has 2 bridgehead atoms. The van der Waals surface area contributed by atoms with E-state index in [1.54, 1.807) is 0 Å². The van der Waals surface area contributed by atoms with Crippen LogP contribution in [0.5, 0.6) is 0 Å². The molecule has 2 fully saturated rings. The molecule has 2 N–H and O–H groups in total. The minimum Gasteiger partial charge on any atom is -0.481 e. The first kappa shape index (κ1) is 12.9. The summed E-state index contributed by atoms with van der Waals surface area (Å²) in [6.45, 7) is 0. The van der Waals surface area contributed by atoms with Crippen molar-refractivity contribution in [3.05, 3.63) is 34.4 Å². The van der Waals surface area contributed by atoms with Crippen molar-refractivity contribution in [3.8, 4) is 0 Å². The second kappa shape index (κ2) is 4.77. The number of carbonyl (C=O) groups is 2. The lowest BCUT2D eigenvalue weighted by Gasteiger charge is -2.28. The molecule has 0 radical (unpaired) electrons. The average molecular weight is 277 g/mol. The highest BCUT2D eigenvalue weighted by Gasteiger charge is 2.51. The zero-order valence-corrected chi connectivity index (χ0v) is 10.7. The predicted octanol–water partition coefficient (Wildman–Crippen LogP) is 0.869. The van der Waals surface area contributed by atoms with Gasteiger partial charge in [-0.3, -0.25) is 9.59 Å². The lowest BCUT2D eigenvalue weighted by molar-refractivity contribution is -0.144. The molecule has 20 heavy (non-hydrogen) atoms. The Balaban J connectivity index is 1.76. The number of carboxylic acids is 1. The van der Waals surface area contributed by atoms with Crippen LogP contribution in [0.1, 0.15) is 29.6 Å². The summed E-state index contributed by atoms with van der Waals surface area (Å²) < 4.78 is 4.65. The van der Waals surface area contributed by atoms with Gasteiger partial charge in [0, 0.05) is 12.1 Å². The Labute approximate surface area is 114 Å². The molecule has 0 aliphatic heterocycles. The fourth-order valence-electron chi connectivity index (χ4n) is 3.58. The van der Waals surface area contributed by atoms with Crippen molar-refractivity contribution in [1.82, 2.24) is 5.32 Å². The largest absolute Gasteiger partial charge is 0.481 e. The molecule has 6 heteroatoms. The quantitative estimate of drug-likeness (QED) is 0.854. The Kier molecular flexibility index (Phi) is 3.08. The molecule has 4 unspecified atom stereocenters. The lowest BCUT2D eigenvalue weighted by Crippen LogP contribution is -2.46. The number of hydrogen-bond acceptors (Lipinski definition) is 4. The third-order valence-electron chi connectivity index (χ3n) is 4.46. The first-order valence-corrected chi connectivity index (χ1v) is 6.69. The fraction of sp³-hybridized carbons (Fsp3) is 0.500. The molecule has 1 heterocycles. The zero-order valence-electron chi connectivity index (χ0n) is 10.7. The zero-order chi connectivity index (χ0) is 14.3. The number of carboxylic acid groups (broad SMARTS) is 1. The monoisotopic (exact) mass is 277 g/mol. The van der Waals surface area contributed by atoms with E-state index in [2.05, 4.69) is 9.73 Å². The molecule has 6 nitrogen and oxygen atoms in total. The molecule has 2 aliphatic carbocycles. The summed E-state index contributed by atoms with van der Waals surface area (Å²) in [5.41, 5.74) is -0.290. The summed E-state index contributed by atoms with van der Waals surface area (Å²) in [5.74, 6) is -1.34. The highest BCUT2D eigenvalue weighted by Crippen LogP contribution is 2.48. The molecule has 1 aromatic rings. The normalized spacial score (nSPS) is 31.2. The van der Waals surface area contributed by atoms with Crippen LogP contribution in [0.15, 0.2) is 27.6 Å². The lowest BCUT2D eigenvalue weighted by atomic mass is 9.84. The van der Waals surface area contributed by atoms with Crippen molar-refractivity contribution in [3.63, 3.8) is 0 Å². The first-order valence-electron chi connectivity index (χ1n) is 6.69. The van der Waals surface area contributed by atoms with E-state index in [-0.39, 0.29) is 23.4 Å². The third kappa shape index (κ3) is 2.11. The van der Waals surface area contributed by atoms with Crippen molar-refractivity contribution in [2.75, 3.05) is 0 Å². The Morgan fingerprint density at radius 2 is 2.00 bits per heavy atom. The minimum atomic E-state index is -0.845. The molecule has 3 rings (SSSR count). The standard InChI is InChI=1S/C14H15NO5/c16-10-4-3-9(6-20-10)13(17)15-12-8-2-1-7(5-8)11(12)14(18)19/h3-4,6-8,11-12H,1-2,5H2,(H,15,17)(H,18,19). The van der Waals surface area contributed by atoms with Crippen LogP contribution in [0, 0.1) is 17.8 Å². The van der Waals surface area contributed by atoms with Gasteiger partial charge >= 0.3 is 11.6 Å². The van der Waals surface area contributed by atoms with Gasteiger partial charge in [0.05, 0.1) is 11.5 Å². The minimum absolute atomic E-state index is 0.163. The summed E-state index contributed by atoms with van der Waals surface area (Å²) in [6, 6.07) is 2.22. The average Bonchev–Trinajstić information content (AvgIpc) is 3.00. The van der Waals surface area contributed by atoms with Gasteiger partial charge < -0.3 is 14.8 Å². The van der Waals surface area contributed by atoms with Crippen molar-refractivity contribution >= 4 is 11.9 Å². The van der Waals surface area contributed by atoms with E-state index in [4.69, 9.17) is 0 Å². The van der Waals surface area contributed by atoms with Gasteiger partial charge in [0.25, 0.3) is 5.91 Å². The van der Waals surface area contributed by atoms with E-state index in [0.717, 1.165) is 25.5 Å².